The van der Waals surface area contributed by atoms with E-state index in [1.54, 1.807) is 0 Å². The summed E-state index contributed by atoms with van der Waals surface area (Å²) in [6, 6.07) is 0. The molecule has 0 aliphatic rings. The molecule has 0 heteroatoms. The summed E-state index contributed by atoms with van der Waals surface area (Å²) in [5.74, 6) is 1.59. The number of allylic oxidation sites excluding steroid dienone is 3. The van der Waals surface area contributed by atoms with Crippen molar-refractivity contribution in [1.82, 2.24) is 0 Å². The minimum absolute atomic E-state index is 0.780. The Labute approximate surface area is 91.1 Å². The maximum Gasteiger partial charge on any atom is -0.0325 e. The van der Waals surface area contributed by atoms with Crippen LogP contribution in [0, 0.1) is 11.8 Å². The van der Waals surface area contributed by atoms with Crippen LogP contribution in [-0.4, -0.2) is 0 Å². The summed E-state index contributed by atoms with van der Waals surface area (Å²) in [6.45, 7) is 16.7. The first-order valence-electron chi connectivity index (χ1n) is 5.64. The molecule has 0 atom stereocenters. The molecule has 0 saturated carbocycles. The molecule has 0 nitrogen and oxygen atoms in total. The van der Waals surface area contributed by atoms with E-state index in [1.807, 2.05) is 6.08 Å². The Morgan fingerprint density at radius 2 is 1.43 bits per heavy atom. The van der Waals surface area contributed by atoms with Gasteiger partial charge in [0.25, 0.3) is 0 Å². The molecule has 0 rings (SSSR count). The molecule has 0 bridgehead atoms. The van der Waals surface area contributed by atoms with Crippen molar-refractivity contribution in [2.75, 3.05) is 0 Å². The molecule has 0 aliphatic heterocycles. The molecule has 0 aromatic carbocycles. The monoisotopic (exact) mass is 196 g/mol. The maximum absolute atomic E-state index is 3.60. The van der Waals surface area contributed by atoms with Gasteiger partial charge < -0.3 is 0 Å². The second kappa shape index (κ2) is 10.6. The number of rotatable bonds is 4. The van der Waals surface area contributed by atoms with Crippen LogP contribution in [0.15, 0.2) is 24.3 Å². The van der Waals surface area contributed by atoms with E-state index in [4.69, 9.17) is 0 Å². The van der Waals surface area contributed by atoms with Gasteiger partial charge in [-0.15, -0.1) is 6.58 Å². The molecule has 0 amide bonds. The number of hydrogen-bond acceptors (Lipinski definition) is 0. The summed E-state index contributed by atoms with van der Waals surface area (Å²) >= 11 is 0. The Morgan fingerprint density at radius 3 is 1.50 bits per heavy atom. The quantitative estimate of drug-likeness (QED) is 0.541. The zero-order valence-corrected chi connectivity index (χ0v) is 10.9. The zero-order valence-electron chi connectivity index (χ0n) is 10.9. The van der Waals surface area contributed by atoms with E-state index in [9.17, 15) is 0 Å². The number of hydrogen-bond donors (Lipinski definition) is 0. The molecule has 0 spiro atoms. The van der Waals surface area contributed by atoms with Gasteiger partial charge in [-0.25, -0.2) is 0 Å². The van der Waals surface area contributed by atoms with Crippen LogP contribution in [0.25, 0.3) is 0 Å². The van der Waals surface area contributed by atoms with Crippen molar-refractivity contribution in [1.29, 1.82) is 0 Å². The Hall–Kier alpha value is -0.520. The lowest BCUT2D eigenvalue weighted by Crippen LogP contribution is -1.81. The van der Waals surface area contributed by atoms with Crippen LogP contribution in [0.1, 0.15) is 54.4 Å². The van der Waals surface area contributed by atoms with Gasteiger partial charge in [-0.1, -0.05) is 45.4 Å². The summed E-state index contributed by atoms with van der Waals surface area (Å²) in [6.07, 6.45) is 6.59. The highest BCUT2D eigenvalue weighted by Crippen LogP contribution is 2.02. The molecule has 0 heterocycles. The Morgan fingerprint density at radius 1 is 1.00 bits per heavy atom. The highest BCUT2D eigenvalue weighted by Gasteiger charge is 1.86. The van der Waals surface area contributed by atoms with Gasteiger partial charge >= 0.3 is 0 Å². The van der Waals surface area contributed by atoms with Crippen molar-refractivity contribution in [3.63, 3.8) is 0 Å². The molecule has 14 heavy (non-hydrogen) atoms. The highest BCUT2D eigenvalue weighted by molar-refractivity contribution is 4.92. The lowest BCUT2D eigenvalue weighted by atomic mass is 10.1. The van der Waals surface area contributed by atoms with E-state index >= 15 is 0 Å². The molecule has 0 saturated heterocycles. The van der Waals surface area contributed by atoms with E-state index < -0.39 is 0 Å². The fraction of sp³-hybridized carbons (Fsp3) is 0.714. The van der Waals surface area contributed by atoms with Crippen LogP contribution in [0.4, 0.5) is 0 Å². The predicted molar refractivity (Wildman–Crippen MR) is 68.5 cm³/mol. The Kier molecular flexibility index (Phi) is 12.0. The minimum atomic E-state index is 0.780. The smallest absolute Gasteiger partial charge is 0.0325 e. The van der Waals surface area contributed by atoms with Crippen LogP contribution in [0.5, 0.6) is 0 Å². The van der Waals surface area contributed by atoms with E-state index in [2.05, 4.69) is 54.2 Å². The molecule has 0 N–H and O–H groups in total. The van der Waals surface area contributed by atoms with Gasteiger partial charge in [0, 0.05) is 0 Å². The van der Waals surface area contributed by atoms with Crippen molar-refractivity contribution in [3.8, 4) is 0 Å². The van der Waals surface area contributed by atoms with Crippen molar-refractivity contribution < 1.29 is 0 Å². The lowest BCUT2D eigenvalue weighted by molar-refractivity contribution is 0.661. The second-order valence-electron chi connectivity index (χ2n) is 4.83. The van der Waals surface area contributed by atoms with Crippen molar-refractivity contribution in [3.05, 3.63) is 24.3 Å². The first-order valence-corrected chi connectivity index (χ1v) is 5.64. The van der Waals surface area contributed by atoms with Crippen molar-refractivity contribution in [2.24, 2.45) is 11.8 Å². The van der Waals surface area contributed by atoms with Gasteiger partial charge in [0.2, 0.25) is 0 Å². The molecule has 0 unspecified atom stereocenters. The third-order valence-electron chi connectivity index (χ3n) is 1.64. The zero-order chi connectivity index (χ0) is 11.6. The highest BCUT2D eigenvalue weighted by atomic mass is 13.9. The predicted octanol–water partition coefficient (Wildman–Crippen LogP) is 5.22. The molecule has 0 aliphatic carbocycles. The molecule has 0 radical (unpaired) electrons. The summed E-state index contributed by atoms with van der Waals surface area (Å²) < 4.78 is 0. The third kappa shape index (κ3) is 22.5. The molecule has 0 aromatic heterocycles. The normalized spacial score (nSPS) is 9.43. The largest absolute Gasteiger partial charge is 0.103 e. The van der Waals surface area contributed by atoms with E-state index in [-0.39, 0.29) is 0 Å². The van der Waals surface area contributed by atoms with Gasteiger partial charge in [-0.2, -0.15) is 0 Å². The average molecular weight is 196 g/mol. The minimum Gasteiger partial charge on any atom is -0.103 e. The van der Waals surface area contributed by atoms with Gasteiger partial charge in [0.15, 0.2) is 0 Å². The van der Waals surface area contributed by atoms with Crippen LogP contribution < -0.4 is 0 Å². The first-order chi connectivity index (χ1) is 6.40. The Balaban J connectivity index is 0. The van der Waals surface area contributed by atoms with Crippen LogP contribution in [0.3, 0.4) is 0 Å². The lowest BCUT2D eigenvalue weighted by Gasteiger charge is -1.96. The molecular formula is C14H28. The molecule has 0 fully saturated rings. The molecule has 0 aromatic rings. The topological polar surface area (TPSA) is 0 Å². The maximum atomic E-state index is 3.60. The van der Waals surface area contributed by atoms with Crippen LogP contribution in [0.2, 0.25) is 0 Å². The fourth-order valence-corrected chi connectivity index (χ4v) is 0.805. The van der Waals surface area contributed by atoms with Crippen LogP contribution >= 0.6 is 0 Å². The van der Waals surface area contributed by atoms with Crippen molar-refractivity contribution >= 4 is 0 Å². The molecular weight excluding hydrogens is 168 g/mol. The summed E-state index contributed by atoms with van der Waals surface area (Å²) in [7, 11) is 0. The fourth-order valence-electron chi connectivity index (χ4n) is 0.805. The SMILES string of the molecule is C=CCC(C)C.CC(C)=CCC(C)C. The standard InChI is InChI=1S/C8H16.C6H12/c1-7(2)5-6-8(3)4;1-4-5-6(2)3/h5,8H,6H2,1-4H3;4,6H,1,5H2,2-3H3. The average Bonchev–Trinajstić information content (AvgIpc) is 2.01. The molecule has 84 valence electrons. The third-order valence-corrected chi connectivity index (χ3v) is 1.64. The summed E-state index contributed by atoms with van der Waals surface area (Å²) in [5, 5.41) is 0. The summed E-state index contributed by atoms with van der Waals surface area (Å²) in [4.78, 5) is 0. The summed E-state index contributed by atoms with van der Waals surface area (Å²) in [5.41, 5.74) is 1.43. The second-order valence-corrected chi connectivity index (χ2v) is 4.83. The van der Waals surface area contributed by atoms with Crippen molar-refractivity contribution in [2.45, 2.75) is 54.4 Å². The van der Waals surface area contributed by atoms with Crippen LogP contribution in [-0.2, 0) is 0 Å². The van der Waals surface area contributed by atoms with Gasteiger partial charge in [0.05, 0.1) is 0 Å². The van der Waals surface area contributed by atoms with Gasteiger partial charge in [-0.05, 0) is 38.5 Å². The first kappa shape index (κ1) is 15.9. The van der Waals surface area contributed by atoms with E-state index in [0.29, 0.717) is 0 Å². The van der Waals surface area contributed by atoms with E-state index in [0.717, 1.165) is 18.3 Å². The van der Waals surface area contributed by atoms with Gasteiger partial charge in [0.1, 0.15) is 0 Å². The van der Waals surface area contributed by atoms with E-state index in [1.165, 1.54) is 12.0 Å². The Bertz CT molecular complexity index is 145. The van der Waals surface area contributed by atoms with Gasteiger partial charge in [-0.3, -0.25) is 0 Å².